The highest BCUT2D eigenvalue weighted by Crippen LogP contribution is 2.35. The molecular formula is C23H28FN3O2. The van der Waals surface area contributed by atoms with E-state index in [-0.39, 0.29) is 30.9 Å². The molecule has 2 aromatic rings. The third-order valence-corrected chi connectivity index (χ3v) is 5.24. The molecule has 1 N–H and O–H groups in total. The minimum absolute atomic E-state index is 0.00862. The maximum absolute atomic E-state index is 13.3. The van der Waals surface area contributed by atoms with Crippen molar-refractivity contribution in [3.63, 3.8) is 0 Å². The predicted octanol–water partition coefficient (Wildman–Crippen LogP) is 3.52. The Labute approximate surface area is 171 Å². The number of halogens is 1. The van der Waals surface area contributed by atoms with Crippen molar-refractivity contribution in [2.45, 2.75) is 32.4 Å². The van der Waals surface area contributed by atoms with Crippen LogP contribution in [0.1, 0.15) is 25.3 Å². The molecule has 29 heavy (non-hydrogen) atoms. The van der Waals surface area contributed by atoms with Crippen LogP contribution in [0, 0.1) is 11.7 Å². The van der Waals surface area contributed by atoms with Gasteiger partial charge in [0.1, 0.15) is 5.82 Å². The molecule has 0 spiro atoms. The molecule has 0 aromatic heterocycles. The van der Waals surface area contributed by atoms with E-state index < -0.39 is 5.82 Å². The zero-order valence-corrected chi connectivity index (χ0v) is 17.0. The zero-order chi connectivity index (χ0) is 20.8. The molecule has 5 nitrogen and oxygen atoms in total. The highest BCUT2D eigenvalue weighted by Gasteiger charge is 2.34. The summed E-state index contributed by atoms with van der Waals surface area (Å²) in [4.78, 5) is 28.9. The minimum Gasteiger partial charge on any atom is -0.334 e. The molecule has 3 rings (SSSR count). The van der Waals surface area contributed by atoms with E-state index in [4.69, 9.17) is 0 Å². The Morgan fingerprint density at radius 2 is 1.83 bits per heavy atom. The van der Waals surface area contributed by atoms with Gasteiger partial charge in [0.15, 0.2) is 0 Å². The Morgan fingerprint density at radius 3 is 2.48 bits per heavy atom. The molecule has 2 aromatic carbocycles. The van der Waals surface area contributed by atoms with Crippen molar-refractivity contribution in [1.29, 1.82) is 0 Å². The average molecular weight is 397 g/mol. The molecule has 6 heteroatoms. The van der Waals surface area contributed by atoms with Gasteiger partial charge in [-0.15, -0.1) is 0 Å². The first-order chi connectivity index (χ1) is 13.9. The quantitative estimate of drug-likeness (QED) is 0.704. The van der Waals surface area contributed by atoms with Crippen molar-refractivity contribution < 1.29 is 14.0 Å². The van der Waals surface area contributed by atoms with Crippen molar-refractivity contribution >= 4 is 17.5 Å². The second kappa shape index (κ2) is 9.65. The number of likely N-dealkylation sites (N-methyl/N-ethyl adjacent to an activating group) is 1. The number of hydrogen-bond acceptors (Lipinski definition) is 3. The summed E-state index contributed by atoms with van der Waals surface area (Å²) < 4.78 is 13.3. The average Bonchev–Trinajstić information content (AvgIpc) is 3.51. The van der Waals surface area contributed by atoms with Gasteiger partial charge in [-0.05, 0) is 56.5 Å². The van der Waals surface area contributed by atoms with Crippen LogP contribution in [0.25, 0.3) is 0 Å². The summed E-state index contributed by atoms with van der Waals surface area (Å²) >= 11 is 0. The lowest BCUT2D eigenvalue weighted by molar-refractivity contribution is -0.135. The second-order valence-electron chi connectivity index (χ2n) is 7.82. The lowest BCUT2D eigenvalue weighted by atomic mass is 10.1. The Kier molecular flexibility index (Phi) is 6.99. The van der Waals surface area contributed by atoms with Gasteiger partial charge < -0.3 is 10.2 Å². The van der Waals surface area contributed by atoms with Gasteiger partial charge in [-0.3, -0.25) is 14.5 Å². The number of nitrogens with one attached hydrogen (secondary N) is 1. The number of amides is 2. The highest BCUT2D eigenvalue weighted by atomic mass is 19.1. The Hall–Kier alpha value is -2.73. The molecule has 0 aliphatic heterocycles. The van der Waals surface area contributed by atoms with Crippen molar-refractivity contribution in [1.82, 2.24) is 9.80 Å². The first kappa shape index (κ1) is 21.0. The summed E-state index contributed by atoms with van der Waals surface area (Å²) in [5.74, 6) is -0.119. The van der Waals surface area contributed by atoms with Crippen LogP contribution in [-0.2, 0) is 16.1 Å². The SMILES string of the molecule is C[C@H](C1CC1)N(Cc1ccccc1)C(=O)CN(C)CC(=O)Nc1cccc(F)c1. The summed E-state index contributed by atoms with van der Waals surface area (Å²) in [6.07, 6.45) is 2.32. The topological polar surface area (TPSA) is 52.7 Å². The van der Waals surface area contributed by atoms with E-state index in [0.29, 0.717) is 18.2 Å². The molecule has 1 saturated carbocycles. The van der Waals surface area contributed by atoms with Crippen LogP contribution in [0.3, 0.4) is 0 Å². The Bertz CT molecular complexity index is 839. The van der Waals surface area contributed by atoms with Crippen LogP contribution in [0.15, 0.2) is 54.6 Å². The largest absolute Gasteiger partial charge is 0.334 e. The van der Waals surface area contributed by atoms with E-state index in [0.717, 1.165) is 18.4 Å². The number of carbonyl (C=O) groups is 2. The minimum atomic E-state index is -0.406. The third-order valence-electron chi connectivity index (χ3n) is 5.24. The van der Waals surface area contributed by atoms with Gasteiger partial charge in [-0.2, -0.15) is 0 Å². The van der Waals surface area contributed by atoms with Crippen LogP contribution in [-0.4, -0.2) is 47.8 Å². The number of nitrogens with zero attached hydrogens (tertiary/aromatic N) is 2. The van der Waals surface area contributed by atoms with Crippen molar-refractivity contribution in [2.24, 2.45) is 5.92 Å². The Balaban J connectivity index is 1.56. The van der Waals surface area contributed by atoms with Crippen molar-refractivity contribution in [3.8, 4) is 0 Å². The number of anilines is 1. The van der Waals surface area contributed by atoms with E-state index in [1.165, 1.54) is 12.1 Å². The molecule has 1 aliphatic rings. The van der Waals surface area contributed by atoms with Gasteiger partial charge in [0.05, 0.1) is 13.1 Å². The van der Waals surface area contributed by atoms with Gasteiger partial charge in [0.25, 0.3) is 0 Å². The summed E-state index contributed by atoms with van der Waals surface area (Å²) in [7, 11) is 1.74. The standard InChI is InChI=1S/C23H28FN3O2/c1-17(19-11-12-19)27(14-18-7-4-3-5-8-18)23(29)16-26(2)15-22(28)25-21-10-6-9-20(24)13-21/h3-10,13,17,19H,11-12,14-16H2,1-2H3,(H,25,28)/t17-/m1/s1. The molecule has 0 radical (unpaired) electrons. The second-order valence-corrected chi connectivity index (χ2v) is 7.82. The van der Waals surface area contributed by atoms with E-state index in [2.05, 4.69) is 12.2 Å². The van der Waals surface area contributed by atoms with E-state index >= 15 is 0 Å². The molecule has 1 fully saturated rings. The fourth-order valence-corrected chi connectivity index (χ4v) is 3.46. The van der Waals surface area contributed by atoms with E-state index in [1.807, 2.05) is 35.2 Å². The molecule has 0 saturated heterocycles. The fraction of sp³-hybridized carbons (Fsp3) is 0.391. The molecule has 2 amide bonds. The monoisotopic (exact) mass is 397 g/mol. The zero-order valence-electron chi connectivity index (χ0n) is 17.0. The molecule has 0 unspecified atom stereocenters. The number of benzene rings is 2. The van der Waals surface area contributed by atoms with Gasteiger partial charge >= 0.3 is 0 Å². The molecule has 1 aliphatic carbocycles. The highest BCUT2D eigenvalue weighted by molar-refractivity contribution is 5.92. The van der Waals surface area contributed by atoms with Crippen LogP contribution in [0.4, 0.5) is 10.1 Å². The molecular weight excluding hydrogens is 369 g/mol. The summed E-state index contributed by atoms with van der Waals surface area (Å²) in [6.45, 7) is 2.88. The van der Waals surface area contributed by atoms with Crippen molar-refractivity contribution in [2.75, 3.05) is 25.5 Å². The van der Waals surface area contributed by atoms with Gasteiger partial charge in [0.2, 0.25) is 11.8 Å². The summed E-state index contributed by atoms with van der Waals surface area (Å²) in [6, 6.07) is 15.9. The molecule has 0 heterocycles. The van der Waals surface area contributed by atoms with Gasteiger partial charge in [0, 0.05) is 18.3 Å². The van der Waals surface area contributed by atoms with E-state index in [1.54, 1.807) is 24.1 Å². The molecule has 0 bridgehead atoms. The maximum Gasteiger partial charge on any atom is 0.238 e. The number of hydrogen-bond donors (Lipinski definition) is 1. The first-order valence-electron chi connectivity index (χ1n) is 9.99. The summed E-state index contributed by atoms with van der Waals surface area (Å²) in [5.41, 5.74) is 1.50. The number of rotatable bonds is 9. The van der Waals surface area contributed by atoms with Crippen molar-refractivity contribution in [3.05, 3.63) is 66.0 Å². The fourth-order valence-electron chi connectivity index (χ4n) is 3.46. The number of carbonyl (C=O) groups excluding carboxylic acids is 2. The van der Waals surface area contributed by atoms with Crippen LogP contribution >= 0.6 is 0 Å². The molecule has 154 valence electrons. The van der Waals surface area contributed by atoms with Crippen LogP contribution in [0.5, 0.6) is 0 Å². The van der Waals surface area contributed by atoms with Gasteiger partial charge in [-0.1, -0.05) is 36.4 Å². The third kappa shape index (κ3) is 6.39. The lowest BCUT2D eigenvalue weighted by Gasteiger charge is -2.31. The normalized spacial score (nSPS) is 14.5. The lowest BCUT2D eigenvalue weighted by Crippen LogP contribution is -2.45. The smallest absolute Gasteiger partial charge is 0.238 e. The van der Waals surface area contributed by atoms with Crippen LogP contribution < -0.4 is 5.32 Å². The first-order valence-corrected chi connectivity index (χ1v) is 9.99. The Morgan fingerprint density at radius 1 is 1.10 bits per heavy atom. The maximum atomic E-state index is 13.3. The summed E-state index contributed by atoms with van der Waals surface area (Å²) in [5, 5.41) is 2.66. The van der Waals surface area contributed by atoms with Gasteiger partial charge in [-0.25, -0.2) is 4.39 Å². The van der Waals surface area contributed by atoms with Crippen LogP contribution in [0.2, 0.25) is 0 Å². The predicted molar refractivity (Wildman–Crippen MR) is 112 cm³/mol. The van der Waals surface area contributed by atoms with E-state index in [9.17, 15) is 14.0 Å². The molecule has 1 atom stereocenters.